The number of carbonyl (C=O) groups excluding carboxylic acids is 1. The van der Waals surface area contributed by atoms with Gasteiger partial charge in [0.25, 0.3) is 0 Å². The molecule has 3 aromatic rings. The first-order valence-corrected chi connectivity index (χ1v) is 9.55. The van der Waals surface area contributed by atoms with Crippen molar-refractivity contribution in [3.63, 3.8) is 0 Å². The number of aryl methyl sites for hydroxylation is 1. The van der Waals surface area contributed by atoms with Crippen LogP contribution >= 0.6 is 0 Å². The zero-order valence-electron chi connectivity index (χ0n) is 16.1. The number of rotatable bonds is 5. The lowest BCUT2D eigenvalue weighted by Gasteiger charge is -2.34. The Morgan fingerprint density at radius 2 is 2.14 bits per heavy atom. The standard InChI is InChI=1S/C20H22N8O/c1-14-10-17(26-18-12-21-7-8-23-18)27-20(25-14)16-4-2-3-9-28(16)19(29)6-5-15-11-22-13-24-15/h5-8,10-13,16H,2-4,9H2,1H3,(H,22,24)(H,23,25,26,27). The summed E-state index contributed by atoms with van der Waals surface area (Å²) in [5.41, 5.74) is 1.61. The highest BCUT2D eigenvalue weighted by Crippen LogP contribution is 2.30. The molecule has 0 aliphatic carbocycles. The minimum absolute atomic E-state index is 0.0576. The number of aromatic amines is 1. The van der Waals surface area contributed by atoms with Gasteiger partial charge in [-0.15, -0.1) is 0 Å². The molecule has 0 aromatic carbocycles. The average Bonchev–Trinajstić information content (AvgIpc) is 3.26. The monoisotopic (exact) mass is 390 g/mol. The highest BCUT2D eigenvalue weighted by atomic mass is 16.2. The third kappa shape index (κ3) is 4.63. The molecule has 4 rings (SSSR count). The largest absolute Gasteiger partial charge is 0.345 e. The maximum Gasteiger partial charge on any atom is 0.247 e. The van der Waals surface area contributed by atoms with Crippen LogP contribution in [0.1, 0.15) is 42.5 Å². The minimum atomic E-state index is -0.162. The number of nitrogens with one attached hydrogen (secondary N) is 2. The van der Waals surface area contributed by atoms with Gasteiger partial charge in [0, 0.05) is 36.8 Å². The van der Waals surface area contributed by atoms with Crippen LogP contribution in [0, 0.1) is 6.92 Å². The second-order valence-corrected chi connectivity index (χ2v) is 6.85. The van der Waals surface area contributed by atoms with Crippen LogP contribution in [-0.4, -0.2) is 47.3 Å². The summed E-state index contributed by atoms with van der Waals surface area (Å²) in [7, 11) is 0. The number of likely N-dealkylation sites (tertiary alicyclic amines) is 1. The third-order valence-electron chi connectivity index (χ3n) is 4.70. The molecule has 3 aromatic heterocycles. The number of hydrogen-bond donors (Lipinski definition) is 2. The Hall–Kier alpha value is -3.62. The molecular weight excluding hydrogens is 368 g/mol. The maximum atomic E-state index is 12.9. The molecule has 0 saturated carbocycles. The molecule has 2 N–H and O–H groups in total. The quantitative estimate of drug-likeness (QED) is 0.644. The number of carbonyl (C=O) groups is 1. The Morgan fingerprint density at radius 3 is 2.93 bits per heavy atom. The van der Waals surface area contributed by atoms with Crippen LogP contribution in [0.3, 0.4) is 0 Å². The molecule has 1 aliphatic heterocycles. The summed E-state index contributed by atoms with van der Waals surface area (Å²) in [4.78, 5) is 39.2. The fourth-order valence-electron chi connectivity index (χ4n) is 3.38. The Balaban J connectivity index is 1.57. The normalized spacial score (nSPS) is 16.9. The molecular formula is C20H22N8O. The number of piperidine rings is 1. The molecule has 9 heteroatoms. The highest BCUT2D eigenvalue weighted by molar-refractivity contribution is 5.91. The van der Waals surface area contributed by atoms with Gasteiger partial charge in [-0.3, -0.25) is 9.78 Å². The summed E-state index contributed by atoms with van der Waals surface area (Å²) in [6, 6.07) is 1.69. The van der Waals surface area contributed by atoms with Gasteiger partial charge in [-0.05, 0) is 32.3 Å². The van der Waals surface area contributed by atoms with E-state index in [1.54, 1.807) is 43.3 Å². The fraction of sp³-hybridized carbons (Fsp3) is 0.300. The van der Waals surface area contributed by atoms with E-state index in [0.717, 1.165) is 30.7 Å². The molecule has 1 amide bonds. The van der Waals surface area contributed by atoms with Crippen LogP contribution < -0.4 is 5.32 Å². The van der Waals surface area contributed by atoms with Crippen molar-refractivity contribution in [2.45, 2.75) is 32.2 Å². The molecule has 4 heterocycles. The van der Waals surface area contributed by atoms with Crippen LogP contribution in [0.2, 0.25) is 0 Å². The predicted molar refractivity (Wildman–Crippen MR) is 108 cm³/mol. The minimum Gasteiger partial charge on any atom is -0.345 e. The van der Waals surface area contributed by atoms with Crippen LogP contribution in [0.25, 0.3) is 6.08 Å². The van der Waals surface area contributed by atoms with Gasteiger partial charge in [-0.2, -0.15) is 0 Å². The number of anilines is 2. The van der Waals surface area contributed by atoms with Gasteiger partial charge < -0.3 is 15.2 Å². The molecule has 9 nitrogen and oxygen atoms in total. The lowest BCUT2D eigenvalue weighted by Crippen LogP contribution is -2.38. The Morgan fingerprint density at radius 1 is 1.21 bits per heavy atom. The number of amides is 1. The van der Waals surface area contributed by atoms with Gasteiger partial charge >= 0.3 is 0 Å². The summed E-state index contributed by atoms with van der Waals surface area (Å²) in [6.45, 7) is 2.60. The van der Waals surface area contributed by atoms with Crippen LogP contribution in [0.15, 0.2) is 43.3 Å². The van der Waals surface area contributed by atoms with Crippen molar-refractivity contribution >= 4 is 23.6 Å². The third-order valence-corrected chi connectivity index (χ3v) is 4.70. The van der Waals surface area contributed by atoms with E-state index in [0.29, 0.717) is 24.0 Å². The van der Waals surface area contributed by atoms with E-state index < -0.39 is 0 Å². The first kappa shape index (κ1) is 18.7. The van der Waals surface area contributed by atoms with E-state index >= 15 is 0 Å². The topological polar surface area (TPSA) is 113 Å². The zero-order valence-corrected chi connectivity index (χ0v) is 16.1. The lowest BCUT2D eigenvalue weighted by atomic mass is 10.0. The molecule has 1 fully saturated rings. The molecule has 0 spiro atoms. The van der Waals surface area contributed by atoms with Crippen molar-refractivity contribution in [2.75, 3.05) is 11.9 Å². The molecule has 29 heavy (non-hydrogen) atoms. The van der Waals surface area contributed by atoms with Crippen LogP contribution in [0.5, 0.6) is 0 Å². The van der Waals surface area contributed by atoms with Gasteiger partial charge in [-0.1, -0.05) is 0 Å². The summed E-state index contributed by atoms with van der Waals surface area (Å²) < 4.78 is 0. The van der Waals surface area contributed by atoms with Crippen molar-refractivity contribution in [1.82, 2.24) is 34.8 Å². The van der Waals surface area contributed by atoms with Crippen molar-refractivity contribution in [3.05, 3.63) is 60.5 Å². The summed E-state index contributed by atoms with van der Waals surface area (Å²) >= 11 is 0. The molecule has 1 atom stereocenters. The number of hydrogen-bond acceptors (Lipinski definition) is 7. The molecule has 1 aliphatic rings. The van der Waals surface area contributed by atoms with Crippen LogP contribution in [0.4, 0.5) is 11.6 Å². The van der Waals surface area contributed by atoms with E-state index in [-0.39, 0.29) is 11.9 Å². The lowest BCUT2D eigenvalue weighted by molar-refractivity contribution is -0.129. The van der Waals surface area contributed by atoms with Crippen LogP contribution in [-0.2, 0) is 4.79 Å². The van der Waals surface area contributed by atoms with E-state index in [1.165, 1.54) is 0 Å². The van der Waals surface area contributed by atoms with Gasteiger partial charge in [-0.25, -0.2) is 19.9 Å². The van der Waals surface area contributed by atoms with Crippen molar-refractivity contribution in [1.29, 1.82) is 0 Å². The van der Waals surface area contributed by atoms with E-state index in [9.17, 15) is 4.79 Å². The number of nitrogens with zero attached hydrogens (tertiary/aromatic N) is 6. The molecule has 1 unspecified atom stereocenters. The Kier molecular flexibility index (Phi) is 5.55. The predicted octanol–water partition coefficient (Wildman–Crippen LogP) is 2.81. The van der Waals surface area contributed by atoms with Crippen molar-refractivity contribution < 1.29 is 4.79 Å². The summed E-state index contributed by atoms with van der Waals surface area (Å²) in [5, 5.41) is 3.16. The summed E-state index contributed by atoms with van der Waals surface area (Å²) in [6.07, 6.45) is 14.3. The number of H-pyrrole nitrogens is 1. The second kappa shape index (κ2) is 8.59. The smallest absolute Gasteiger partial charge is 0.247 e. The van der Waals surface area contributed by atoms with E-state index in [2.05, 4.69) is 35.2 Å². The van der Waals surface area contributed by atoms with E-state index in [1.807, 2.05) is 17.9 Å². The first-order chi connectivity index (χ1) is 14.2. The molecule has 0 bridgehead atoms. The van der Waals surface area contributed by atoms with Gasteiger partial charge in [0.2, 0.25) is 5.91 Å². The Labute approximate surface area is 168 Å². The number of aromatic nitrogens is 6. The molecule has 1 saturated heterocycles. The SMILES string of the molecule is Cc1cc(Nc2cnccn2)nc(C2CCCCN2C(=O)C=Cc2cnc[nH]2)n1. The van der Waals surface area contributed by atoms with Crippen molar-refractivity contribution in [2.24, 2.45) is 0 Å². The Bertz CT molecular complexity index is 987. The van der Waals surface area contributed by atoms with Gasteiger partial charge in [0.05, 0.1) is 30.5 Å². The molecule has 0 radical (unpaired) electrons. The summed E-state index contributed by atoms with van der Waals surface area (Å²) in [5.74, 6) is 1.83. The maximum absolute atomic E-state index is 12.9. The highest BCUT2D eigenvalue weighted by Gasteiger charge is 2.29. The van der Waals surface area contributed by atoms with Crippen molar-refractivity contribution in [3.8, 4) is 0 Å². The van der Waals surface area contributed by atoms with Gasteiger partial charge in [0.15, 0.2) is 5.82 Å². The van der Waals surface area contributed by atoms with Gasteiger partial charge in [0.1, 0.15) is 11.6 Å². The fourth-order valence-corrected chi connectivity index (χ4v) is 3.38. The molecule has 148 valence electrons. The average molecular weight is 390 g/mol. The van der Waals surface area contributed by atoms with E-state index in [4.69, 9.17) is 0 Å². The second-order valence-electron chi connectivity index (χ2n) is 6.85. The number of imidazole rings is 1. The zero-order chi connectivity index (χ0) is 20.1. The first-order valence-electron chi connectivity index (χ1n) is 9.55.